The SMILES string of the molecule is O=C(NCc1cc2cnccc2[nH]1)C1CC2(CN1C(=O)Cc1ccc(-c3ccccc3)cn1)OCCO2. The van der Waals surface area contributed by atoms with Crippen LogP contribution in [0.1, 0.15) is 17.8 Å². The van der Waals surface area contributed by atoms with E-state index >= 15 is 0 Å². The van der Waals surface area contributed by atoms with Gasteiger partial charge in [-0.25, -0.2) is 0 Å². The number of amides is 2. The highest BCUT2D eigenvalue weighted by molar-refractivity contribution is 5.89. The van der Waals surface area contributed by atoms with Gasteiger partial charge in [-0.2, -0.15) is 0 Å². The van der Waals surface area contributed by atoms with Crippen molar-refractivity contribution >= 4 is 22.7 Å². The molecule has 1 spiro atoms. The maximum atomic E-state index is 13.4. The number of aromatic amines is 1. The van der Waals surface area contributed by atoms with E-state index in [0.29, 0.717) is 31.9 Å². The number of hydrogen-bond donors (Lipinski definition) is 2. The molecule has 0 saturated carbocycles. The van der Waals surface area contributed by atoms with Gasteiger partial charge in [-0.15, -0.1) is 0 Å². The minimum Gasteiger partial charge on any atom is -0.357 e. The van der Waals surface area contributed by atoms with E-state index in [0.717, 1.165) is 27.7 Å². The summed E-state index contributed by atoms with van der Waals surface area (Å²) in [5.41, 5.74) is 4.50. The Morgan fingerprint density at radius 3 is 2.65 bits per heavy atom. The topological polar surface area (TPSA) is 109 Å². The Bertz CT molecular complexity index is 1380. The number of aromatic nitrogens is 3. The van der Waals surface area contributed by atoms with Crippen molar-refractivity contribution in [2.45, 2.75) is 31.2 Å². The molecule has 2 saturated heterocycles. The summed E-state index contributed by atoms with van der Waals surface area (Å²) >= 11 is 0. The number of hydrogen-bond acceptors (Lipinski definition) is 6. The van der Waals surface area contributed by atoms with Gasteiger partial charge in [0.2, 0.25) is 11.8 Å². The zero-order valence-corrected chi connectivity index (χ0v) is 20.2. The molecule has 188 valence electrons. The molecule has 2 fully saturated rings. The maximum Gasteiger partial charge on any atom is 0.243 e. The fourth-order valence-electron chi connectivity index (χ4n) is 5.06. The Morgan fingerprint density at radius 2 is 1.89 bits per heavy atom. The fraction of sp³-hybridized carbons (Fsp3) is 0.286. The van der Waals surface area contributed by atoms with Crippen LogP contribution < -0.4 is 5.32 Å². The number of H-pyrrole nitrogens is 1. The number of rotatable bonds is 6. The van der Waals surface area contributed by atoms with Crippen LogP contribution in [-0.2, 0) is 32.0 Å². The fourth-order valence-corrected chi connectivity index (χ4v) is 5.06. The molecule has 37 heavy (non-hydrogen) atoms. The van der Waals surface area contributed by atoms with Gasteiger partial charge in [-0.05, 0) is 23.8 Å². The number of nitrogens with zero attached hydrogens (tertiary/aromatic N) is 3. The van der Waals surface area contributed by atoms with Crippen molar-refractivity contribution in [3.63, 3.8) is 0 Å². The third-order valence-electron chi connectivity index (χ3n) is 6.92. The Labute approximate surface area is 213 Å². The second-order valence-corrected chi connectivity index (χ2v) is 9.41. The number of ether oxygens (including phenoxy) is 2. The summed E-state index contributed by atoms with van der Waals surface area (Å²) in [5, 5.41) is 3.95. The van der Waals surface area contributed by atoms with E-state index in [1.165, 1.54) is 0 Å². The van der Waals surface area contributed by atoms with Crippen molar-refractivity contribution < 1.29 is 19.1 Å². The number of fused-ring (bicyclic) bond motifs is 1. The van der Waals surface area contributed by atoms with E-state index in [2.05, 4.69) is 20.3 Å². The van der Waals surface area contributed by atoms with Crippen LogP contribution >= 0.6 is 0 Å². The predicted molar refractivity (Wildman–Crippen MR) is 136 cm³/mol. The van der Waals surface area contributed by atoms with Gasteiger partial charge in [0.1, 0.15) is 6.04 Å². The molecule has 9 heteroatoms. The van der Waals surface area contributed by atoms with E-state index in [-0.39, 0.29) is 24.8 Å². The van der Waals surface area contributed by atoms with E-state index in [1.54, 1.807) is 23.5 Å². The second-order valence-electron chi connectivity index (χ2n) is 9.41. The average molecular weight is 498 g/mol. The van der Waals surface area contributed by atoms with Crippen molar-refractivity contribution in [2.24, 2.45) is 0 Å². The first-order valence-corrected chi connectivity index (χ1v) is 12.4. The maximum absolute atomic E-state index is 13.4. The molecule has 0 bridgehead atoms. The Hall–Kier alpha value is -4.08. The quantitative estimate of drug-likeness (QED) is 0.424. The van der Waals surface area contributed by atoms with Crippen molar-refractivity contribution in [1.29, 1.82) is 0 Å². The highest BCUT2D eigenvalue weighted by Gasteiger charge is 2.52. The molecule has 6 rings (SSSR count). The van der Waals surface area contributed by atoms with Gasteiger partial charge in [0.15, 0.2) is 5.79 Å². The van der Waals surface area contributed by atoms with Crippen LogP contribution in [0.25, 0.3) is 22.0 Å². The second kappa shape index (κ2) is 9.76. The molecule has 0 radical (unpaired) electrons. The summed E-state index contributed by atoms with van der Waals surface area (Å²) in [6.07, 6.45) is 5.64. The van der Waals surface area contributed by atoms with Gasteiger partial charge in [0.25, 0.3) is 0 Å². The molecule has 1 aromatic carbocycles. The zero-order valence-electron chi connectivity index (χ0n) is 20.2. The first-order valence-electron chi connectivity index (χ1n) is 12.4. The highest BCUT2D eigenvalue weighted by Crippen LogP contribution is 2.35. The Morgan fingerprint density at radius 1 is 1.05 bits per heavy atom. The largest absolute Gasteiger partial charge is 0.357 e. The third kappa shape index (κ3) is 4.83. The van der Waals surface area contributed by atoms with Crippen molar-refractivity contribution in [3.8, 4) is 11.1 Å². The molecule has 3 aromatic heterocycles. The molecule has 9 nitrogen and oxygen atoms in total. The van der Waals surface area contributed by atoms with Gasteiger partial charge >= 0.3 is 0 Å². The molecule has 2 amide bonds. The minimum atomic E-state index is -0.935. The van der Waals surface area contributed by atoms with Gasteiger partial charge in [-0.1, -0.05) is 36.4 Å². The van der Waals surface area contributed by atoms with E-state index in [9.17, 15) is 9.59 Å². The number of benzene rings is 1. The lowest BCUT2D eigenvalue weighted by atomic mass is 10.1. The molecule has 2 aliphatic rings. The molecule has 2 N–H and O–H groups in total. The van der Waals surface area contributed by atoms with Crippen LogP contribution in [0.3, 0.4) is 0 Å². The van der Waals surface area contributed by atoms with Gasteiger partial charge in [-0.3, -0.25) is 19.6 Å². The third-order valence-corrected chi connectivity index (χ3v) is 6.92. The number of carbonyl (C=O) groups excluding carboxylic acids is 2. The van der Waals surface area contributed by atoms with Crippen molar-refractivity contribution in [3.05, 3.63) is 84.6 Å². The van der Waals surface area contributed by atoms with Crippen LogP contribution in [0.2, 0.25) is 0 Å². The standard InChI is InChI=1S/C28H27N5O4/c34-26(13-22-7-6-20(16-30-22)19-4-2-1-3-5-19)33-18-28(36-10-11-37-28)14-25(33)27(35)31-17-23-12-21-15-29-9-8-24(21)32-23/h1-9,12,15-16,25,32H,10-11,13-14,17-18H2,(H,31,35). The zero-order chi connectivity index (χ0) is 25.2. The molecule has 1 unspecified atom stereocenters. The summed E-state index contributed by atoms with van der Waals surface area (Å²) < 4.78 is 11.7. The van der Waals surface area contributed by atoms with Crippen LogP contribution in [-0.4, -0.2) is 63.3 Å². The van der Waals surface area contributed by atoms with Gasteiger partial charge < -0.3 is 24.7 Å². The van der Waals surface area contributed by atoms with Crippen molar-refractivity contribution in [2.75, 3.05) is 19.8 Å². The Kier molecular flexibility index (Phi) is 6.15. The summed E-state index contributed by atoms with van der Waals surface area (Å²) in [4.78, 5) is 40.2. The monoisotopic (exact) mass is 497 g/mol. The summed E-state index contributed by atoms with van der Waals surface area (Å²) in [6.45, 7) is 1.41. The normalized spacial score (nSPS) is 18.5. The summed E-state index contributed by atoms with van der Waals surface area (Å²) in [6, 6.07) is 16.9. The molecule has 1 atom stereocenters. The molecule has 0 aliphatic carbocycles. The van der Waals surface area contributed by atoms with Gasteiger partial charge in [0, 0.05) is 52.9 Å². The van der Waals surface area contributed by atoms with Crippen LogP contribution in [0.4, 0.5) is 0 Å². The minimum absolute atomic E-state index is 0.0872. The number of nitrogens with one attached hydrogen (secondary N) is 2. The average Bonchev–Trinajstić information content (AvgIpc) is 3.67. The highest BCUT2D eigenvalue weighted by atomic mass is 16.7. The van der Waals surface area contributed by atoms with Gasteiger partial charge in [0.05, 0.1) is 32.7 Å². The first kappa shape index (κ1) is 23.3. The lowest BCUT2D eigenvalue weighted by molar-refractivity contribution is -0.152. The van der Waals surface area contributed by atoms with Crippen LogP contribution in [0.5, 0.6) is 0 Å². The van der Waals surface area contributed by atoms with Crippen LogP contribution in [0, 0.1) is 0 Å². The molecular weight excluding hydrogens is 470 g/mol. The summed E-state index contributed by atoms with van der Waals surface area (Å²) in [7, 11) is 0. The first-order chi connectivity index (χ1) is 18.1. The number of likely N-dealkylation sites (tertiary alicyclic amines) is 1. The molecule has 2 aliphatic heterocycles. The lowest BCUT2D eigenvalue weighted by Gasteiger charge is -2.24. The predicted octanol–water partition coefficient (Wildman–Crippen LogP) is 2.83. The smallest absolute Gasteiger partial charge is 0.243 e. The number of carbonyl (C=O) groups is 2. The van der Waals surface area contributed by atoms with Crippen molar-refractivity contribution in [1.82, 2.24) is 25.2 Å². The van der Waals surface area contributed by atoms with Crippen LogP contribution in [0.15, 0.2) is 73.2 Å². The van der Waals surface area contributed by atoms with E-state index in [4.69, 9.17) is 9.47 Å². The Balaban J connectivity index is 1.15. The molecular formula is C28H27N5O4. The van der Waals surface area contributed by atoms with E-state index < -0.39 is 11.8 Å². The molecule has 5 heterocycles. The lowest BCUT2D eigenvalue weighted by Crippen LogP contribution is -2.46. The molecule has 4 aromatic rings. The summed E-state index contributed by atoms with van der Waals surface area (Å²) in [5.74, 6) is -1.36. The number of pyridine rings is 2. The van der Waals surface area contributed by atoms with E-state index in [1.807, 2.05) is 54.6 Å².